The number of carbonyl (C=O) groups is 1. The van der Waals surface area contributed by atoms with Crippen LogP contribution >= 0.6 is 31.9 Å². The van der Waals surface area contributed by atoms with Crippen molar-refractivity contribution in [3.63, 3.8) is 0 Å². The van der Waals surface area contributed by atoms with E-state index in [1.807, 2.05) is 0 Å². The Morgan fingerprint density at radius 3 is 2.63 bits per heavy atom. The monoisotopic (exact) mass is 404 g/mol. The molecule has 1 atom stereocenters. The molecule has 1 amide bonds. The Hall–Kier alpha value is -0.670. The van der Waals surface area contributed by atoms with E-state index in [1.165, 1.54) is 6.20 Å². The molecule has 106 valence electrons. The summed E-state index contributed by atoms with van der Waals surface area (Å²) in [6, 6.07) is 1.59. The molecule has 1 aromatic heterocycles. The normalized spacial score (nSPS) is 13.2. The fourth-order valence-corrected chi connectivity index (χ4v) is 2.32. The summed E-state index contributed by atoms with van der Waals surface area (Å²) in [6.07, 6.45) is -6.34. The molecule has 0 bridgehead atoms. The molecule has 0 aliphatic heterocycles. The van der Waals surface area contributed by atoms with Crippen molar-refractivity contribution in [1.29, 1.82) is 0 Å². The van der Waals surface area contributed by atoms with Gasteiger partial charge in [0, 0.05) is 17.2 Å². The Bertz CT molecular complexity index is 469. The Labute approximate surface area is 123 Å². The molecule has 0 radical (unpaired) electrons. The molecule has 4 nitrogen and oxygen atoms in total. The predicted octanol–water partition coefficient (Wildman–Crippen LogP) is 2.65. The highest BCUT2D eigenvalue weighted by Crippen LogP contribution is 2.22. The maximum atomic E-state index is 12.0. The number of alkyl halides is 3. The minimum absolute atomic E-state index is 0.0599. The van der Waals surface area contributed by atoms with E-state index in [0.29, 0.717) is 8.95 Å². The summed E-state index contributed by atoms with van der Waals surface area (Å²) in [5, 5.41) is 11.0. The van der Waals surface area contributed by atoms with Crippen LogP contribution in [0.4, 0.5) is 13.2 Å². The zero-order valence-corrected chi connectivity index (χ0v) is 12.5. The van der Waals surface area contributed by atoms with E-state index in [-0.39, 0.29) is 12.2 Å². The number of aromatic nitrogens is 1. The Morgan fingerprint density at radius 2 is 2.11 bits per heavy atom. The number of nitrogens with one attached hydrogen (secondary N) is 1. The van der Waals surface area contributed by atoms with Gasteiger partial charge in [0.25, 0.3) is 5.91 Å². The zero-order chi connectivity index (χ0) is 14.6. The molecule has 1 heterocycles. The number of amides is 1. The van der Waals surface area contributed by atoms with Crippen molar-refractivity contribution in [2.75, 3.05) is 6.54 Å². The fraction of sp³-hybridized carbons (Fsp3) is 0.400. The van der Waals surface area contributed by atoms with Crippen molar-refractivity contribution in [3.05, 3.63) is 26.9 Å². The fourth-order valence-electron chi connectivity index (χ4n) is 1.15. The molecule has 19 heavy (non-hydrogen) atoms. The first-order chi connectivity index (χ1) is 8.71. The average molecular weight is 406 g/mol. The lowest BCUT2D eigenvalue weighted by Gasteiger charge is -2.14. The lowest BCUT2D eigenvalue weighted by atomic mass is 10.2. The van der Waals surface area contributed by atoms with Crippen LogP contribution in [-0.2, 0) is 0 Å². The third-order valence-electron chi connectivity index (χ3n) is 2.10. The van der Waals surface area contributed by atoms with Gasteiger partial charge >= 0.3 is 6.18 Å². The zero-order valence-electron chi connectivity index (χ0n) is 9.34. The van der Waals surface area contributed by atoms with Crippen LogP contribution in [0.2, 0.25) is 0 Å². The van der Waals surface area contributed by atoms with Crippen LogP contribution in [0, 0.1) is 0 Å². The van der Waals surface area contributed by atoms with E-state index in [2.05, 4.69) is 42.2 Å². The van der Waals surface area contributed by atoms with E-state index in [1.54, 1.807) is 6.07 Å². The number of aliphatic hydroxyl groups excluding tert-OH is 1. The topological polar surface area (TPSA) is 62.2 Å². The first-order valence-electron chi connectivity index (χ1n) is 5.06. The van der Waals surface area contributed by atoms with Crippen molar-refractivity contribution in [1.82, 2.24) is 10.3 Å². The molecule has 1 aromatic rings. The standard InChI is InChI=1S/C10H9Br2F3N2O2/c11-5-3-6(12)8(17-4-5)9(19)16-2-1-7(18)10(13,14)15/h3-4,7,18H,1-2H2,(H,16,19). The summed E-state index contributed by atoms with van der Waals surface area (Å²) in [7, 11) is 0. The minimum Gasteiger partial charge on any atom is -0.384 e. The van der Waals surface area contributed by atoms with Gasteiger partial charge in [-0.25, -0.2) is 4.98 Å². The smallest absolute Gasteiger partial charge is 0.384 e. The van der Waals surface area contributed by atoms with Gasteiger partial charge in [0.2, 0.25) is 0 Å². The third-order valence-corrected chi connectivity index (χ3v) is 3.14. The van der Waals surface area contributed by atoms with E-state index in [4.69, 9.17) is 5.11 Å². The largest absolute Gasteiger partial charge is 0.414 e. The van der Waals surface area contributed by atoms with Gasteiger partial charge in [0.1, 0.15) is 5.69 Å². The van der Waals surface area contributed by atoms with Crippen molar-refractivity contribution in [3.8, 4) is 0 Å². The van der Waals surface area contributed by atoms with Gasteiger partial charge in [0.15, 0.2) is 6.10 Å². The second-order valence-electron chi connectivity index (χ2n) is 3.59. The summed E-state index contributed by atoms with van der Waals surface area (Å²) in [5.41, 5.74) is 0.0599. The number of halogens is 5. The van der Waals surface area contributed by atoms with E-state index < -0.39 is 24.6 Å². The average Bonchev–Trinajstić information content (AvgIpc) is 2.27. The van der Waals surface area contributed by atoms with Crippen LogP contribution in [0.1, 0.15) is 16.9 Å². The molecule has 2 N–H and O–H groups in total. The number of nitrogens with zero attached hydrogens (tertiary/aromatic N) is 1. The number of carbonyl (C=O) groups excluding carboxylic acids is 1. The lowest BCUT2D eigenvalue weighted by molar-refractivity contribution is -0.204. The molecule has 0 saturated carbocycles. The number of aliphatic hydroxyl groups is 1. The Kier molecular flexibility index (Phi) is 5.75. The van der Waals surface area contributed by atoms with E-state index in [0.717, 1.165) is 0 Å². The molecule has 1 rings (SSSR count). The SMILES string of the molecule is O=C(NCCC(O)C(F)(F)F)c1ncc(Br)cc1Br. The number of hydrogen-bond acceptors (Lipinski definition) is 3. The van der Waals surface area contributed by atoms with Crippen molar-refractivity contribution in [2.24, 2.45) is 0 Å². The summed E-state index contributed by atoms with van der Waals surface area (Å²) in [4.78, 5) is 15.5. The van der Waals surface area contributed by atoms with Crippen LogP contribution in [0.25, 0.3) is 0 Å². The number of pyridine rings is 1. The molecule has 0 spiro atoms. The Balaban J connectivity index is 2.52. The van der Waals surface area contributed by atoms with Crippen LogP contribution in [0.5, 0.6) is 0 Å². The molecule has 0 saturated heterocycles. The number of hydrogen-bond donors (Lipinski definition) is 2. The highest BCUT2D eigenvalue weighted by molar-refractivity contribution is 9.11. The van der Waals surface area contributed by atoms with E-state index in [9.17, 15) is 18.0 Å². The minimum atomic E-state index is -4.68. The van der Waals surface area contributed by atoms with Crippen molar-refractivity contribution >= 4 is 37.8 Å². The maximum Gasteiger partial charge on any atom is 0.414 e. The van der Waals surface area contributed by atoms with E-state index >= 15 is 0 Å². The molecule has 0 aromatic carbocycles. The van der Waals surface area contributed by atoms with Gasteiger partial charge in [-0.1, -0.05) is 0 Å². The molecule has 0 aliphatic carbocycles. The second kappa shape index (κ2) is 6.67. The molecule has 0 fully saturated rings. The number of rotatable bonds is 4. The summed E-state index contributed by atoms with van der Waals surface area (Å²) >= 11 is 6.27. The molecular formula is C10H9Br2F3N2O2. The summed E-state index contributed by atoms with van der Waals surface area (Å²) in [6.45, 7) is -0.302. The van der Waals surface area contributed by atoms with Crippen LogP contribution in [0.15, 0.2) is 21.2 Å². The Morgan fingerprint density at radius 1 is 1.47 bits per heavy atom. The van der Waals surface area contributed by atoms with Crippen LogP contribution < -0.4 is 5.32 Å². The quantitative estimate of drug-likeness (QED) is 0.809. The molecule has 9 heteroatoms. The maximum absolute atomic E-state index is 12.0. The molecule has 1 unspecified atom stereocenters. The first-order valence-corrected chi connectivity index (χ1v) is 6.64. The highest BCUT2D eigenvalue weighted by Gasteiger charge is 2.37. The summed E-state index contributed by atoms with van der Waals surface area (Å²) in [5.74, 6) is -0.617. The van der Waals surface area contributed by atoms with Gasteiger partial charge in [-0.3, -0.25) is 4.79 Å². The van der Waals surface area contributed by atoms with Crippen LogP contribution in [-0.4, -0.2) is 34.8 Å². The third kappa shape index (κ3) is 5.07. The van der Waals surface area contributed by atoms with Gasteiger partial charge in [-0.15, -0.1) is 0 Å². The molecular weight excluding hydrogens is 397 g/mol. The van der Waals surface area contributed by atoms with Gasteiger partial charge in [-0.2, -0.15) is 13.2 Å². The first kappa shape index (κ1) is 16.4. The highest BCUT2D eigenvalue weighted by atomic mass is 79.9. The summed E-state index contributed by atoms with van der Waals surface area (Å²) < 4.78 is 37.1. The second-order valence-corrected chi connectivity index (χ2v) is 5.36. The predicted molar refractivity (Wildman–Crippen MR) is 68.6 cm³/mol. The van der Waals surface area contributed by atoms with Gasteiger partial charge in [-0.05, 0) is 44.3 Å². The van der Waals surface area contributed by atoms with Gasteiger partial charge in [0.05, 0.1) is 4.47 Å². The van der Waals surface area contributed by atoms with Crippen molar-refractivity contribution in [2.45, 2.75) is 18.7 Å². The molecule has 0 aliphatic rings. The van der Waals surface area contributed by atoms with Gasteiger partial charge < -0.3 is 10.4 Å². The lowest BCUT2D eigenvalue weighted by Crippen LogP contribution is -2.34. The van der Waals surface area contributed by atoms with Crippen LogP contribution in [0.3, 0.4) is 0 Å². The van der Waals surface area contributed by atoms with Crippen molar-refractivity contribution < 1.29 is 23.1 Å².